The van der Waals surface area contributed by atoms with Crippen LogP contribution in [-0.4, -0.2) is 57.8 Å². The molecule has 0 unspecified atom stereocenters. The summed E-state index contributed by atoms with van der Waals surface area (Å²) < 4.78 is 0. The molecular formula is C26H31N5O2S. The molecule has 2 aromatic heterocycles. The number of nitrogens with zero attached hydrogens (tertiary/aromatic N) is 5. The first-order valence-corrected chi connectivity index (χ1v) is 12.6. The summed E-state index contributed by atoms with van der Waals surface area (Å²) in [4.78, 5) is 41.7. The first-order chi connectivity index (χ1) is 16.5. The minimum atomic E-state index is -0.00230. The van der Waals surface area contributed by atoms with E-state index >= 15 is 0 Å². The molecule has 3 heterocycles. The molecule has 0 N–H and O–H groups in total. The van der Waals surface area contributed by atoms with Gasteiger partial charge in [-0.25, -0.2) is 4.98 Å². The molecule has 0 radical (unpaired) electrons. The molecule has 7 nitrogen and oxygen atoms in total. The van der Waals surface area contributed by atoms with Crippen LogP contribution in [-0.2, 0) is 17.9 Å². The lowest BCUT2D eigenvalue weighted by molar-refractivity contribution is -0.116. The number of carbonyl (C=O) groups excluding carboxylic acids is 2. The standard InChI is InChI=1S/C26H31N5O2S/c1-20-25(34-19-28-20)26(33)30-15-7-13-29(18-23-10-5-6-12-27-23)14-8-16-31(21(2)32)24-11-4-3-9-22(24)17-30/h3-6,9-12,19H,7-8,13-18H2,1-2H3. The maximum Gasteiger partial charge on any atom is 0.266 e. The summed E-state index contributed by atoms with van der Waals surface area (Å²) in [6, 6.07) is 13.9. The van der Waals surface area contributed by atoms with Crippen LogP contribution in [0.3, 0.4) is 0 Å². The van der Waals surface area contributed by atoms with Gasteiger partial charge < -0.3 is 9.80 Å². The van der Waals surface area contributed by atoms with E-state index in [1.54, 1.807) is 12.4 Å². The minimum absolute atomic E-state index is 0.00230. The number of para-hydroxylation sites is 1. The number of aryl methyl sites for hydroxylation is 1. The van der Waals surface area contributed by atoms with Crippen LogP contribution >= 0.6 is 11.3 Å². The number of carbonyl (C=O) groups is 2. The Morgan fingerprint density at radius 3 is 2.44 bits per heavy atom. The van der Waals surface area contributed by atoms with Gasteiger partial charge in [0.25, 0.3) is 5.91 Å². The number of aromatic nitrogens is 2. The smallest absolute Gasteiger partial charge is 0.266 e. The maximum atomic E-state index is 13.5. The van der Waals surface area contributed by atoms with E-state index < -0.39 is 0 Å². The van der Waals surface area contributed by atoms with Crippen LogP contribution in [0.2, 0.25) is 0 Å². The monoisotopic (exact) mass is 477 g/mol. The van der Waals surface area contributed by atoms with Crippen LogP contribution in [0.15, 0.2) is 54.2 Å². The zero-order valence-corrected chi connectivity index (χ0v) is 20.6. The van der Waals surface area contributed by atoms with E-state index in [1.807, 2.05) is 65.4 Å². The maximum absolute atomic E-state index is 13.5. The number of rotatable bonds is 3. The van der Waals surface area contributed by atoms with Gasteiger partial charge in [-0.3, -0.25) is 19.5 Å². The first-order valence-electron chi connectivity index (χ1n) is 11.7. The van der Waals surface area contributed by atoms with Crippen molar-refractivity contribution in [1.29, 1.82) is 0 Å². The highest BCUT2D eigenvalue weighted by atomic mass is 32.1. The molecule has 1 aliphatic heterocycles. The number of hydrogen-bond donors (Lipinski definition) is 0. The van der Waals surface area contributed by atoms with Crippen molar-refractivity contribution in [3.05, 3.63) is 76.0 Å². The van der Waals surface area contributed by atoms with E-state index in [0.29, 0.717) is 24.5 Å². The largest absolute Gasteiger partial charge is 0.333 e. The molecule has 0 bridgehead atoms. The molecule has 8 heteroatoms. The van der Waals surface area contributed by atoms with Crippen LogP contribution in [0.4, 0.5) is 5.69 Å². The fourth-order valence-corrected chi connectivity index (χ4v) is 5.16. The molecule has 2 amide bonds. The highest BCUT2D eigenvalue weighted by Gasteiger charge is 2.24. The minimum Gasteiger partial charge on any atom is -0.333 e. The third-order valence-corrected chi connectivity index (χ3v) is 7.04. The predicted molar refractivity (Wildman–Crippen MR) is 135 cm³/mol. The molecule has 34 heavy (non-hydrogen) atoms. The Bertz CT molecular complexity index is 1120. The number of anilines is 1. The Morgan fingerprint density at radius 2 is 1.74 bits per heavy atom. The molecule has 1 aliphatic rings. The number of fused-ring (bicyclic) bond motifs is 1. The number of pyridine rings is 1. The van der Waals surface area contributed by atoms with Gasteiger partial charge in [-0.15, -0.1) is 11.3 Å². The molecule has 0 fully saturated rings. The topological polar surface area (TPSA) is 69.6 Å². The summed E-state index contributed by atoms with van der Waals surface area (Å²) in [7, 11) is 0. The molecule has 0 aliphatic carbocycles. The van der Waals surface area contributed by atoms with Gasteiger partial charge in [0.05, 0.1) is 16.9 Å². The summed E-state index contributed by atoms with van der Waals surface area (Å²) in [6.45, 7) is 7.65. The average Bonchev–Trinajstić information content (AvgIpc) is 3.26. The van der Waals surface area contributed by atoms with Crippen LogP contribution < -0.4 is 4.90 Å². The summed E-state index contributed by atoms with van der Waals surface area (Å²) in [5, 5.41) is 0. The van der Waals surface area contributed by atoms with Gasteiger partial charge >= 0.3 is 0 Å². The van der Waals surface area contributed by atoms with Gasteiger partial charge in [-0.05, 0) is 43.5 Å². The summed E-state index contributed by atoms with van der Waals surface area (Å²) in [5.41, 5.74) is 5.37. The molecule has 0 saturated heterocycles. The predicted octanol–water partition coefficient (Wildman–Crippen LogP) is 4.14. The molecule has 0 atom stereocenters. The Morgan fingerprint density at radius 1 is 0.971 bits per heavy atom. The van der Waals surface area contributed by atoms with Gasteiger partial charge in [0.1, 0.15) is 4.88 Å². The lowest BCUT2D eigenvalue weighted by atomic mass is 10.1. The van der Waals surface area contributed by atoms with E-state index in [1.165, 1.54) is 11.3 Å². The summed E-state index contributed by atoms with van der Waals surface area (Å²) in [6.07, 6.45) is 3.54. The van der Waals surface area contributed by atoms with E-state index in [4.69, 9.17) is 0 Å². The van der Waals surface area contributed by atoms with E-state index in [9.17, 15) is 9.59 Å². The summed E-state index contributed by atoms with van der Waals surface area (Å²) in [5.74, 6) is 0.00877. The Kier molecular flexibility index (Phi) is 8.03. The molecule has 0 saturated carbocycles. The van der Waals surface area contributed by atoms with Crippen molar-refractivity contribution < 1.29 is 9.59 Å². The van der Waals surface area contributed by atoms with E-state index in [0.717, 1.165) is 55.1 Å². The number of benzene rings is 1. The van der Waals surface area contributed by atoms with E-state index in [2.05, 4.69) is 14.9 Å². The number of thiazole rings is 1. The van der Waals surface area contributed by atoms with Crippen molar-refractivity contribution in [2.45, 2.75) is 39.8 Å². The Labute approximate surface area is 205 Å². The van der Waals surface area contributed by atoms with E-state index in [-0.39, 0.29) is 11.8 Å². The quantitative estimate of drug-likeness (QED) is 0.567. The molecular weight excluding hydrogens is 446 g/mol. The van der Waals surface area contributed by atoms with Crippen LogP contribution in [0.1, 0.15) is 46.4 Å². The van der Waals surface area contributed by atoms with Crippen molar-refractivity contribution in [1.82, 2.24) is 19.8 Å². The van der Waals surface area contributed by atoms with Gasteiger partial charge in [-0.2, -0.15) is 0 Å². The van der Waals surface area contributed by atoms with Crippen LogP contribution in [0.5, 0.6) is 0 Å². The van der Waals surface area contributed by atoms with Gasteiger partial charge in [0.2, 0.25) is 5.91 Å². The summed E-state index contributed by atoms with van der Waals surface area (Å²) >= 11 is 1.38. The van der Waals surface area contributed by atoms with Crippen LogP contribution in [0.25, 0.3) is 0 Å². The molecule has 0 spiro atoms. The lowest BCUT2D eigenvalue weighted by Gasteiger charge is -2.31. The first kappa shape index (κ1) is 24.0. The fraction of sp³-hybridized carbons (Fsp3) is 0.385. The van der Waals surface area contributed by atoms with Crippen molar-refractivity contribution >= 4 is 28.8 Å². The third kappa shape index (κ3) is 5.87. The molecule has 1 aromatic carbocycles. The van der Waals surface area contributed by atoms with Crippen molar-refractivity contribution in [3.8, 4) is 0 Å². The average molecular weight is 478 g/mol. The number of amides is 2. The zero-order chi connectivity index (χ0) is 23.9. The van der Waals surface area contributed by atoms with Crippen molar-refractivity contribution in [2.75, 3.05) is 31.1 Å². The normalized spacial score (nSPS) is 15.8. The van der Waals surface area contributed by atoms with Crippen molar-refractivity contribution in [3.63, 3.8) is 0 Å². The second-order valence-electron chi connectivity index (χ2n) is 8.60. The van der Waals surface area contributed by atoms with Crippen molar-refractivity contribution in [2.24, 2.45) is 0 Å². The van der Waals surface area contributed by atoms with Gasteiger partial charge in [-0.1, -0.05) is 24.3 Å². The number of hydrogen-bond acceptors (Lipinski definition) is 6. The highest BCUT2D eigenvalue weighted by molar-refractivity contribution is 7.11. The molecule has 3 aromatic rings. The van der Waals surface area contributed by atoms with Gasteiger partial charge in [0.15, 0.2) is 0 Å². The SMILES string of the molecule is CC(=O)N1CCCN(Cc2ccccn2)CCCN(C(=O)c2scnc2C)Cc2ccccc21. The highest BCUT2D eigenvalue weighted by Crippen LogP contribution is 2.25. The molecule has 4 rings (SSSR count). The van der Waals surface area contributed by atoms with Crippen LogP contribution in [0, 0.1) is 6.92 Å². The second-order valence-corrected chi connectivity index (χ2v) is 9.45. The Balaban J connectivity index is 1.63. The zero-order valence-electron chi connectivity index (χ0n) is 19.8. The molecule has 178 valence electrons. The Hall–Kier alpha value is -3.10. The third-order valence-electron chi connectivity index (χ3n) is 6.12. The fourth-order valence-electron chi connectivity index (χ4n) is 4.39. The lowest BCUT2D eigenvalue weighted by Crippen LogP contribution is -2.38. The van der Waals surface area contributed by atoms with Gasteiger partial charge in [0, 0.05) is 58.1 Å². The second kappa shape index (κ2) is 11.4.